The first-order valence-corrected chi connectivity index (χ1v) is 10.1. The van der Waals surface area contributed by atoms with Crippen LogP contribution in [0.4, 0.5) is 17.3 Å². The van der Waals surface area contributed by atoms with E-state index in [0.717, 1.165) is 27.8 Å². The van der Waals surface area contributed by atoms with Gasteiger partial charge in [-0.25, -0.2) is 9.97 Å². The summed E-state index contributed by atoms with van der Waals surface area (Å²) in [6, 6.07) is 19.0. The predicted molar refractivity (Wildman–Crippen MR) is 123 cm³/mol. The maximum Gasteiger partial charge on any atom is 0.174 e. The van der Waals surface area contributed by atoms with Gasteiger partial charge in [-0.3, -0.25) is 0 Å². The van der Waals surface area contributed by atoms with Gasteiger partial charge in [0, 0.05) is 17.3 Å². The molecule has 0 saturated heterocycles. The fourth-order valence-electron chi connectivity index (χ4n) is 2.87. The van der Waals surface area contributed by atoms with Crippen molar-refractivity contribution in [2.45, 2.75) is 13.5 Å². The molecule has 1 heterocycles. The smallest absolute Gasteiger partial charge is 0.174 e. The summed E-state index contributed by atoms with van der Waals surface area (Å²) in [5.41, 5.74) is 4.60. The maximum atomic E-state index is 6.16. The highest BCUT2D eigenvalue weighted by Gasteiger charge is 2.11. The highest BCUT2D eigenvalue weighted by Crippen LogP contribution is 2.30. The van der Waals surface area contributed by atoms with Crippen LogP contribution in [-0.4, -0.2) is 9.97 Å². The standard InChI is InChI=1S/C22H17Cl3N4/c1-13-2-9-19-20(10-13)29-22(27-16-7-8-17(24)18(25)11-16)21(28-19)26-12-14-3-5-15(23)6-4-14/h2-11H,12H2,1H3,(H,26,28)(H,27,29). The molecule has 0 unspecified atom stereocenters. The van der Waals surface area contributed by atoms with Crippen LogP contribution >= 0.6 is 34.8 Å². The Morgan fingerprint density at radius 1 is 0.759 bits per heavy atom. The van der Waals surface area contributed by atoms with Crippen LogP contribution in [0.3, 0.4) is 0 Å². The number of hydrogen-bond donors (Lipinski definition) is 2. The maximum absolute atomic E-state index is 6.16. The highest BCUT2D eigenvalue weighted by atomic mass is 35.5. The lowest BCUT2D eigenvalue weighted by molar-refractivity contribution is 1.11. The second-order valence-corrected chi connectivity index (χ2v) is 7.90. The molecule has 0 spiro atoms. The molecule has 4 nitrogen and oxygen atoms in total. The van der Waals surface area contributed by atoms with Gasteiger partial charge in [0.05, 0.1) is 21.1 Å². The van der Waals surface area contributed by atoms with Crippen molar-refractivity contribution in [1.82, 2.24) is 9.97 Å². The van der Waals surface area contributed by atoms with E-state index in [9.17, 15) is 0 Å². The van der Waals surface area contributed by atoms with E-state index in [1.54, 1.807) is 12.1 Å². The molecule has 2 N–H and O–H groups in total. The second kappa shape index (κ2) is 8.46. The van der Waals surface area contributed by atoms with Crippen molar-refractivity contribution in [3.8, 4) is 0 Å². The monoisotopic (exact) mass is 442 g/mol. The van der Waals surface area contributed by atoms with Gasteiger partial charge in [0.2, 0.25) is 0 Å². The predicted octanol–water partition coefficient (Wildman–Crippen LogP) is 7.25. The van der Waals surface area contributed by atoms with Gasteiger partial charge >= 0.3 is 0 Å². The summed E-state index contributed by atoms with van der Waals surface area (Å²) < 4.78 is 0. The third-order valence-electron chi connectivity index (χ3n) is 4.38. The number of rotatable bonds is 5. The summed E-state index contributed by atoms with van der Waals surface area (Å²) in [5.74, 6) is 1.25. The van der Waals surface area contributed by atoms with Crippen LogP contribution in [0, 0.1) is 6.92 Å². The number of fused-ring (bicyclic) bond motifs is 1. The molecule has 1 aromatic heterocycles. The van der Waals surface area contributed by atoms with Gasteiger partial charge in [-0.05, 0) is 60.5 Å². The van der Waals surface area contributed by atoms with Gasteiger partial charge in [-0.2, -0.15) is 0 Å². The topological polar surface area (TPSA) is 49.8 Å². The van der Waals surface area contributed by atoms with Crippen LogP contribution in [0.2, 0.25) is 15.1 Å². The lowest BCUT2D eigenvalue weighted by atomic mass is 10.2. The zero-order chi connectivity index (χ0) is 20.4. The lowest BCUT2D eigenvalue weighted by Gasteiger charge is -2.14. The summed E-state index contributed by atoms with van der Waals surface area (Å²) in [7, 11) is 0. The first-order chi connectivity index (χ1) is 14.0. The first-order valence-electron chi connectivity index (χ1n) is 8.97. The minimum atomic E-state index is 0.469. The Bertz CT molecular complexity index is 1180. The van der Waals surface area contributed by atoms with Crippen molar-refractivity contribution in [3.05, 3.63) is 86.9 Å². The van der Waals surface area contributed by atoms with Crippen molar-refractivity contribution >= 4 is 63.2 Å². The van der Waals surface area contributed by atoms with Crippen LogP contribution in [0.1, 0.15) is 11.1 Å². The first kappa shape index (κ1) is 19.8. The number of halogens is 3. The molecule has 0 aliphatic heterocycles. The molecule has 0 fully saturated rings. The van der Waals surface area contributed by atoms with E-state index in [1.165, 1.54) is 0 Å². The summed E-state index contributed by atoms with van der Waals surface area (Å²) in [6.45, 7) is 2.61. The normalized spacial score (nSPS) is 10.9. The van der Waals surface area contributed by atoms with Gasteiger partial charge in [0.1, 0.15) is 0 Å². The number of aryl methyl sites for hydroxylation is 1. The van der Waals surface area contributed by atoms with E-state index in [1.807, 2.05) is 55.5 Å². The van der Waals surface area contributed by atoms with Crippen molar-refractivity contribution in [1.29, 1.82) is 0 Å². The van der Waals surface area contributed by atoms with Crippen molar-refractivity contribution in [2.24, 2.45) is 0 Å². The van der Waals surface area contributed by atoms with E-state index in [2.05, 4.69) is 10.6 Å². The van der Waals surface area contributed by atoms with Crippen LogP contribution in [0.5, 0.6) is 0 Å². The highest BCUT2D eigenvalue weighted by molar-refractivity contribution is 6.42. The minimum absolute atomic E-state index is 0.469. The Balaban J connectivity index is 1.69. The molecule has 4 aromatic rings. The fraction of sp³-hybridized carbons (Fsp3) is 0.0909. The molecule has 0 amide bonds. The fourth-order valence-corrected chi connectivity index (χ4v) is 3.30. The molecule has 0 aliphatic rings. The van der Waals surface area contributed by atoms with E-state index >= 15 is 0 Å². The van der Waals surface area contributed by atoms with Crippen molar-refractivity contribution in [2.75, 3.05) is 10.6 Å². The van der Waals surface area contributed by atoms with Crippen LogP contribution in [-0.2, 0) is 6.54 Å². The van der Waals surface area contributed by atoms with Gasteiger partial charge in [0.15, 0.2) is 11.6 Å². The van der Waals surface area contributed by atoms with Gasteiger partial charge in [-0.15, -0.1) is 0 Å². The van der Waals surface area contributed by atoms with E-state index in [-0.39, 0.29) is 0 Å². The van der Waals surface area contributed by atoms with Crippen LogP contribution in [0.25, 0.3) is 11.0 Å². The Morgan fingerprint density at radius 3 is 2.28 bits per heavy atom. The van der Waals surface area contributed by atoms with Gasteiger partial charge in [0.25, 0.3) is 0 Å². The third kappa shape index (κ3) is 4.73. The zero-order valence-electron chi connectivity index (χ0n) is 15.5. The molecule has 0 atom stereocenters. The molecule has 0 radical (unpaired) electrons. The molecule has 3 aromatic carbocycles. The number of benzene rings is 3. The number of nitrogens with one attached hydrogen (secondary N) is 2. The molecule has 0 saturated carbocycles. The molecule has 146 valence electrons. The van der Waals surface area contributed by atoms with Crippen molar-refractivity contribution in [3.63, 3.8) is 0 Å². The molecule has 29 heavy (non-hydrogen) atoms. The average molecular weight is 444 g/mol. The summed E-state index contributed by atoms with van der Waals surface area (Å²) >= 11 is 18.2. The molecule has 7 heteroatoms. The Labute approximate surface area is 183 Å². The largest absolute Gasteiger partial charge is 0.363 e. The number of hydrogen-bond acceptors (Lipinski definition) is 4. The van der Waals surface area contributed by atoms with E-state index < -0.39 is 0 Å². The lowest BCUT2D eigenvalue weighted by Crippen LogP contribution is -2.07. The zero-order valence-corrected chi connectivity index (χ0v) is 17.8. The quantitative estimate of drug-likeness (QED) is 0.341. The summed E-state index contributed by atoms with van der Waals surface area (Å²) in [5, 5.41) is 8.33. The molecule has 0 bridgehead atoms. The second-order valence-electron chi connectivity index (χ2n) is 6.65. The number of nitrogens with zero attached hydrogens (tertiary/aromatic N) is 2. The minimum Gasteiger partial charge on any atom is -0.363 e. The van der Waals surface area contributed by atoms with E-state index in [4.69, 9.17) is 44.8 Å². The van der Waals surface area contributed by atoms with E-state index in [0.29, 0.717) is 33.2 Å². The SMILES string of the molecule is Cc1ccc2nc(NCc3ccc(Cl)cc3)c(Nc3ccc(Cl)c(Cl)c3)nc2c1. The Kier molecular flexibility index (Phi) is 5.76. The Morgan fingerprint density at radius 2 is 1.52 bits per heavy atom. The molecule has 0 aliphatic carbocycles. The molecular weight excluding hydrogens is 427 g/mol. The van der Waals surface area contributed by atoms with Crippen LogP contribution in [0.15, 0.2) is 60.7 Å². The number of anilines is 3. The number of aromatic nitrogens is 2. The third-order valence-corrected chi connectivity index (χ3v) is 5.37. The van der Waals surface area contributed by atoms with Gasteiger partial charge in [-0.1, -0.05) is 53.0 Å². The molecular formula is C22H17Cl3N4. The van der Waals surface area contributed by atoms with Crippen LogP contribution < -0.4 is 10.6 Å². The Hall–Kier alpha value is -2.53. The summed E-state index contributed by atoms with van der Waals surface area (Å²) in [4.78, 5) is 9.54. The average Bonchev–Trinajstić information content (AvgIpc) is 2.70. The molecule has 4 rings (SSSR count). The van der Waals surface area contributed by atoms with Gasteiger partial charge < -0.3 is 10.6 Å². The summed E-state index contributed by atoms with van der Waals surface area (Å²) in [6.07, 6.45) is 0. The van der Waals surface area contributed by atoms with Crippen molar-refractivity contribution < 1.29 is 0 Å².